The molecule has 0 heterocycles. The van der Waals surface area contributed by atoms with Crippen LogP contribution in [0.1, 0.15) is 24.2 Å². The summed E-state index contributed by atoms with van der Waals surface area (Å²) >= 11 is 0. The predicted molar refractivity (Wildman–Crippen MR) is 77.3 cm³/mol. The highest BCUT2D eigenvalue weighted by atomic mass is 16.5. The SMILES string of the molecule is COc1cc(OC2c3ccccc3CC2C)ccc1O. The van der Waals surface area contributed by atoms with Gasteiger partial charge in [0.15, 0.2) is 11.5 Å². The van der Waals surface area contributed by atoms with Gasteiger partial charge in [-0.15, -0.1) is 0 Å². The molecule has 0 aliphatic heterocycles. The number of benzene rings is 2. The quantitative estimate of drug-likeness (QED) is 0.924. The Bertz CT molecular complexity index is 621. The van der Waals surface area contributed by atoms with E-state index in [2.05, 4.69) is 25.1 Å². The minimum atomic E-state index is 0.0560. The van der Waals surface area contributed by atoms with Crippen LogP contribution in [-0.4, -0.2) is 12.2 Å². The zero-order valence-corrected chi connectivity index (χ0v) is 11.7. The van der Waals surface area contributed by atoms with Crippen molar-refractivity contribution in [2.45, 2.75) is 19.4 Å². The predicted octanol–water partition coefficient (Wildman–Crippen LogP) is 3.71. The lowest BCUT2D eigenvalue weighted by molar-refractivity contribution is 0.159. The van der Waals surface area contributed by atoms with Gasteiger partial charge in [0.2, 0.25) is 0 Å². The Hall–Kier alpha value is -2.16. The number of methoxy groups -OCH3 is 1. The number of rotatable bonds is 3. The zero-order chi connectivity index (χ0) is 14.1. The van der Waals surface area contributed by atoms with Crippen LogP contribution in [-0.2, 0) is 6.42 Å². The van der Waals surface area contributed by atoms with Gasteiger partial charge in [-0.1, -0.05) is 31.2 Å². The van der Waals surface area contributed by atoms with Crippen LogP contribution in [0.15, 0.2) is 42.5 Å². The van der Waals surface area contributed by atoms with Crippen molar-refractivity contribution in [1.82, 2.24) is 0 Å². The van der Waals surface area contributed by atoms with Gasteiger partial charge in [-0.3, -0.25) is 0 Å². The summed E-state index contributed by atoms with van der Waals surface area (Å²) in [5.74, 6) is 1.71. The van der Waals surface area contributed by atoms with Gasteiger partial charge >= 0.3 is 0 Å². The van der Waals surface area contributed by atoms with E-state index in [9.17, 15) is 5.11 Å². The van der Waals surface area contributed by atoms with Gasteiger partial charge in [-0.05, 0) is 29.7 Å². The maximum atomic E-state index is 9.63. The Balaban J connectivity index is 1.88. The van der Waals surface area contributed by atoms with Crippen molar-refractivity contribution in [3.63, 3.8) is 0 Å². The topological polar surface area (TPSA) is 38.7 Å². The summed E-state index contributed by atoms with van der Waals surface area (Å²) < 4.78 is 11.2. The molecule has 20 heavy (non-hydrogen) atoms. The van der Waals surface area contributed by atoms with Crippen LogP contribution >= 0.6 is 0 Å². The number of phenols is 1. The molecule has 0 spiro atoms. The second-order valence-electron chi connectivity index (χ2n) is 5.25. The maximum Gasteiger partial charge on any atom is 0.164 e. The summed E-state index contributed by atoms with van der Waals surface area (Å²) in [6.45, 7) is 2.20. The van der Waals surface area contributed by atoms with E-state index >= 15 is 0 Å². The highest BCUT2D eigenvalue weighted by Gasteiger charge is 2.30. The van der Waals surface area contributed by atoms with Gasteiger partial charge in [0.05, 0.1) is 7.11 Å². The molecule has 0 bridgehead atoms. The number of phenolic OH excluding ortho intramolecular Hbond substituents is 1. The van der Waals surface area contributed by atoms with Crippen molar-refractivity contribution in [2.24, 2.45) is 5.92 Å². The molecule has 0 amide bonds. The van der Waals surface area contributed by atoms with Crippen LogP contribution in [0.4, 0.5) is 0 Å². The number of aromatic hydroxyl groups is 1. The molecule has 0 saturated heterocycles. The second kappa shape index (κ2) is 5.08. The van der Waals surface area contributed by atoms with E-state index in [0.717, 1.165) is 6.42 Å². The van der Waals surface area contributed by atoms with Crippen molar-refractivity contribution in [1.29, 1.82) is 0 Å². The van der Waals surface area contributed by atoms with Crippen LogP contribution in [0, 0.1) is 5.92 Å². The highest BCUT2D eigenvalue weighted by Crippen LogP contribution is 2.40. The number of hydrogen-bond acceptors (Lipinski definition) is 3. The van der Waals surface area contributed by atoms with Gasteiger partial charge in [-0.2, -0.15) is 0 Å². The van der Waals surface area contributed by atoms with Crippen LogP contribution in [0.5, 0.6) is 17.2 Å². The molecule has 1 aliphatic rings. The van der Waals surface area contributed by atoms with Gasteiger partial charge < -0.3 is 14.6 Å². The van der Waals surface area contributed by atoms with E-state index in [-0.39, 0.29) is 11.9 Å². The Morgan fingerprint density at radius 1 is 1.15 bits per heavy atom. The summed E-state index contributed by atoms with van der Waals surface area (Å²) in [5, 5.41) is 9.63. The molecule has 2 unspecified atom stereocenters. The Kier molecular flexibility index (Phi) is 3.26. The molecular weight excluding hydrogens is 252 g/mol. The second-order valence-corrected chi connectivity index (χ2v) is 5.25. The summed E-state index contributed by atoms with van der Waals surface area (Å²) in [6.07, 6.45) is 1.09. The summed E-state index contributed by atoms with van der Waals surface area (Å²) in [7, 11) is 1.53. The van der Waals surface area contributed by atoms with Gasteiger partial charge in [0.1, 0.15) is 11.9 Å². The van der Waals surface area contributed by atoms with E-state index in [4.69, 9.17) is 9.47 Å². The third kappa shape index (κ3) is 2.20. The minimum absolute atomic E-state index is 0.0560. The molecule has 2 atom stereocenters. The summed E-state index contributed by atoms with van der Waals surface area (Å²) in [4.78, 5) is 0. The smallest absolute Gasteiger partial charge is 0.164 e. The number of hydrogen-bond donors (Lipinski definition) is 1. The molecule has 104 valence electrons. The fourth-order valence-electron chi connectivity index (χ4n) is 2.82. The lowest BCUT2D eigenvalue weighted by Crippen LogP contribution is -2.11. The molecule has 2 aromatic rings. The highest BCUT2D eigenvalue weighted by molar-refractivity contribution is 5.45. The monoisotopic (exact) mass is 270 g/mol. The maximum absolute atomic E-state index is 9.63. The van der Waals surface area contributed by atoms with E-state index in [1.807, 2.05) is 6.07 Å². The molecular formula is C17H18O3. The molecule has 0 radical (unpaired) electrons. The van der Waals surface area contributed by atoms with Gasteiger partial charge in [-0.25, -0.2) is 0 Å². The third-order valence-electron chi connectivity index (χ3n) is 3.83. The first kappa shape index (κ1) is 12.9. The van der Waals surface area contributed by atoms with Crippen molar-refractivity contribution in [2.75, 3.05) is 7.11 Å². The third-order valence-corrected chi connectivity index (χ3v) is 3.83. The number of fused-ring (bicyclic) bond motifs is 1. The molecule has 0 aromatic heterocycles. The van der Waals surface area contributed by atoms with E-state index in [1.165, 1.54) is 18.2 Å². The fourth-order valence-corrected chi connectivity index (χ4v) is 2.82. The van der Waals surface area contributed by atoms with Crippen LogP contribution < -0.4 is 9.47 Å². The Labute approximate surface area is 118 Å². The first-order valence-corrected chi connectivity index (χ1v) is 6.80. The molecule has 3 heteroatoms. The van der Waals surface area contributed by atoms with E-state index in [1.54, 1.807) is 18.2 Å². The van der Waals surface area contributed by atoms with Crippen LogP contribution in [0.2, 0.25) is 0 Å². The average molecular weight is 270 g/mol. The fraction of sp³-hybridized carbons (Fsp3) is 0.294. The first-order chi connectivity index (χ1) is 9.69. The standard InChI is InChI=1S/C17H18O3/c1-11-9-12-5-3-4-6-14(12)17(11)20-13-7-8-15(18)16(10-13)19-2/h3-8,10-11,17-18H,9H2,1-2H3. The van der Waals surface area contributed by atoms with Gasteiger partial charge in [0.25, 0.3) is 0 Å². The number of ether oxygens (including phenoxy) is 2. The van der Waals surface area contributed by atoms with Crippen LogP contribution in [0.3, 0.4) is 0 Å². The van der Waals surface area contributed by atoms with E-state index < -0.39 is 0 Å². The average Bonchev–Trinajstić information content (AvgIpc) is 2.77. The molecule has 1 N–H and O–H groups in total. The lowest BCUT2D eigenvalue weighted by Gasteiger charge is -2.19. The molecule has 0 fully saturated rings. The summed E-state index contributed by atoms with van der Waals surface area (Å²) in [5.41, 5.74) is 2.61. The zero-order valence-electron chi connectivity index (χ0n) is 11.7. The lowest BCUT2D eigenvalue weighted by atomic mass is 10.1. The Morgan fingerprint density at radius 3 is 2.75 bits per heavy atom. The molecule has 2 aromatic carbocycles. The molecule has 3 rings (SSSR count). The first-order valence-electron chi connectivity index (χ1n) is 6.80. The van der Waals surface area contributed by atoms with Crippen LogP contribution in [0.25, 0.3) is 0 Å². The Morgan fingerprint density at radius 2 is 1.95 bits per heavy atom. The normalized spacial score (nSPS) is 20.5. The molecule has 3 nitrogen and oxygen atoms in total. The minimum Gasteiger partial charge on any atom is -0.504 e. The largest absolute Gasteiger partial charge is 0.504 e. The van der Waals surface area contributed by atoms with Crippen molar-refractivity contribution >= 4 is 0 Å². The van der Waals surface area contributed by atoms with Crippen molar-refractivity contribution in [3.05, 3.63) is 53.6 Å². The van der Waals surface area contributed by atoms with Gasteiger partial charge in [0, 0.05) is 12.0 Å². The van der Waals surface area contributed by atoms with Crippen molar-refractivity contribution in [3.8, 4) is 17.2 Å². The van der Waals surface area contributed by atoms with Crippen molar-refractivity contribution < 1.29 is 14.6 Å². The van der Waals surface area contributed by atoms with E-state index in [0.29, 0.717) is 17.4 Å². The molecule has 1 aliphatic carbocycles. The summed E-state index contributed by atoms with van der Waals surface area (Å²) in [6, 6.07) is 13.5. The molecule has 0 saturated carbocycles.